The smallest absolute Gasteiger partial charge is 0.118 e. The van der Waals surface area contributed by atoms with Gasteiger partial charge in [-0.3, -0.25) is 0 Å². The van der Waals surface area contributed by atoms with Gasteiger partial charge in [-0.2, -0.15) is 5.26 Å². The normalized spacial score (nSPS) is 16.3. The van der Waals surface area contributed by atoms with Crippen LogP contribution in [0, 0.1) is 11.3 Å². The van der Waals surface area contributed by atoms with Crippen LogP contribution in [0.4, 0.5) is 5.69 Å². The first-order chi connectivity index (χ1) is 21.8. The van der Waals surface area contributed by atoms with Gasteiger partial charge in [-0.15, -0.1) is 0 Å². The number of hydrogen-bond acceptors (Lipinski definition) is 2. The second-order valence-electron chi connectivity index (χ2n) is 11.7. The molecule has 4 nitrogen and oxygen atoms in total. The first-order valence-corrected chi connectivity index (χ1v) is 15.1. The quantitative estimate of drug-likeness (QED) is 0.197. The molecular weight excluding hydrogens is 536 g/mol. The fraction of sp³-hybridized carbons (Fsp3) is 0.0500. The van der Waals surface area contributed by atoms with E-state index in [9.17, 15) is 5.26 Å². The van der Waals surface area contributed by atoms with Gasteiger partial charge in [0.05, 0.1) is 39.0 Å². The van der Waals surface area contributed by atoms with Gasteiger partial charge in [0.25, 0.3) is 0 Å². The van der Waals surface area contributed by atoms with Crippen molar-refractivity contribution in [3.05, 3.63) is 127 Å². The van der Waals surface area contributed by atoms with E-state index in [0.29, 0.717) is 12.1 Å². The molecule has 10 rings (SSSR count). The van der Waals surface area contributed by atoms with Crippen LogP contribution in [0.3, 0.4) is 0 Å². The Morgan fingerprint density at radius 1 is 0.614 bits per heavy atom. The number of aliphatic imine (C=N–C) groups is 1. The minimum atomic E-state index is 0.569. The number of nitriles is 1. The highest BCUT2D eigenvalue weighted by Crippen LogP contribution is 2.48. The molecule has 4 heterocycles. The third kappa shape index (κ3) is 2.93. The Hall–Kier alpha value is -5.92. The Morgan fingerprint density at radius 2 is 1.34 bits per heavy atom. The van der Waals surface area contributed by atoms with Crippen LogP contribution < -0.4 is 0 Å². The van der Waals surface area contributed by atoms with E-state index in [4.69, 9.17) is 4.99 Å². The fourth-order valence-electron chi connectivity index (χ4n) is 7.76. The largest absolute Gasteiger partial charge is 0.308 e. The van der Waals surface area contributed by atoms with Gasteiger partial charge in [-0.1, -0.05) is 91.0 Å². The lowest BCUT2D eigenvalue weighted by atomic mass is 10.0. The van der Waals surface area contributed by atoms with Gasteiger partial charge in [0.1, 0.15) is 11.8 Å². The Balaban J connectivity index is 1.50. The molecule has 0 saturated heterocycles. The van der Waals surface area contributed by atoms with E-state index in [1.165, 1.54) is 70.7 Å². The minimum Gasteiger partial charge on any atom is -0.308 e. The summed E-state index contributed by atoms with van der Waals surface area (Å²) >= 11 is 0. The number of benzene rings is 6. The number of allylic oxidation sites excluding steroid dienone is 1. The maximum absolute atomic E-state index is 9.79. The first-order valence-electron chi connectivity index (χ1n) is 15.1. The number of hydrogen-bond donors (Lipinski definition) is 0. The molecule has 1 aliphatic rings. The van der Waals surface area contributed by atoms with Crippen LogP contribution >= 0.6 is 0 Å². The highest BCUT2D eigenvalue weighted by molar-refractivity contribution is 6.36. The van der Waals surface area contributed by atoms with E-state index in [1.54, 1.807) is 0 Å². The third-order valence-electron chi connectivity index (χ3n) is 9.51. The summed E-state index contributed by atoms with van der Waals surface area (Å²) in [5.41, 5.74) is 9.65. The molecular formula is C40H24N4. The summed E-state index contributed by atoms with van der Waals surface area (Å²) in [5.74, 6) is 0. The molecule has 0 N–H and O–H groups in total. The van der Waals surface area contributed by atoms with Gasteiger partial charge in [-0.05, 0) is 47.5 Å². The van der Waals surface area contributed by atoms with Crippen LogP contribution in [-0.2, 0) is 0 Å². The Bertz CT molecular complexity index is 2780. The molecule has 0 bridgehead atoms. The molecule has 0 aliphatic carbocycles. The van der Waals surface area contributed by atoms with Crippen molar-refractivity contribution in [2.75, 3.05) is 0 Å². The molecule has 0 spiro atoms. The summed E-state index contributed by atoms with van der Waals surface area (Å²) in [6.07, 6.45) is 3.66. The predicted molar refractivity (Wildman–Crippen MR) is 183 cm³/mol. The van der Waals surface area contributed by atoms with Crippen molar-refractivity contribution in [1.29, 1.82) is 5.26 Å². The van der Waals surface area contributed by atoms with Gasteiger partial charge in [0.15, 0.2) is 0 Å². The highest BCUT2D eigenvalue weighted by atomic mass is 15.0. The molecule has 0 fully saturated rings. The summed E-state index contributed by atoms with van der Waals surface area (Å²) in [7, 11) is 0. The lowest BCUT2D eigenvalue weighted by Crippen LogP contribution is -2.04. The van der Waals surface area contributed by atoms with E-state index >= 15 is 0 Å². The van der Waals surface area contributed by atoms with Gasteiger partial charge in [-0.25, -0.2) is 4.99 Å². The molecule has 3 aromatic heterocycles. The molecule has 0 atom stereocenters. The summed E-state index contributed by atoms with van der Waals surface area (Å²) < 4.78 is 4.94. The molecule has 0 saturated carbocycles. The lowest BCUT2D eigenvalue weighted by Gasteiger charge is -2.18. The summed E-state index contributed by atoms with van der Waals surface area (Å²) in [5, 5.41) is 19.9. The highest BCUT2D eigenvalue weighted by Gasteiger charge is 2.26. The van der Waals surface area contributed by atoms with Gasteiger partial charge >= 0.3 is 0 Å². The zero-order chi connectivity index (χ0) is 28.9. The zero-order valence-corrected chi connectivity index (χ0v) is 23.8. The second kappa shape index (κ2) is 8.56. The van der Waals surface area contributed by atoms with Gasteiger partial charge < -0.3 is 8.97 Å². The molecule has 1 aliphatic heterocycles. The van der Waals surface area contributed by atoms with Gasteiger partial charge in [0, 0.05) is 44.3 Å². The average molecular weight is 561 g/mol. The summed E-state index contributed by atoms with van der Waals surface area (Å²) in [6.45, 7) is 0. The minimum absolute atomic E-state index is 0.569. The van der Waals surface area contributed by atoms with Crippen molar-refractivity contribution in [2.24, 2.45) is 4.99 Å². The molecule has 44 heavy (non-hydrogen) atoms. The van der Waals surface area contributed by atoms with Gasteiger partial charge in [0.2, 0.25) is 0 Å². The van der Waals surface area contributed by atoms with Crippen LogP contribution in [0.25, 0.3) is 76.4 Å². The Kier molecular flexibility index (Phi) is 4.60. The van der Waals surface area contributed by atoms with Crippen LogP contribution in [-0.4, -0.2) is 14.7 Å². The van der Waals surface area contributed by atoms with Crippen molar-refractivity contribution >= 4 is 87.8 Å². The molecule has 0 radical (unpaired) electrons. The SMILES string of the molecule is N#C/C1=N/c2ccccc2/C(n2c3ccc4ccccc4c3c3cc4c5ccccc5n5c6ccccc6c(c32)c45)=C\CC1. The number of nitrogens with zero attached hydrogens (tertiary/aromatic N) is 4. The maximum Gasteiger partial charge on any atom is 0.118 e. The summed E-state index contributed by atoms with van der Waals surface area (Å²) in [6, 6.07) is 43.9. The van der Waals surface area contributed by atoms with Crippen LogP contribution in [0.5, 0.6) is 0 Å². The Labute approximate surface area is 252 Å². The molecule has 9 aromatic rings. The number of fused-ring (bicyclic) bond motifs is 13. The van der Waals surface area contributed by atoms with E-state index in [0.717, 1.165) is 23.4 Å². The molecule has 4 heteroatoms. The maximum atomic E-state index is 9.79. The molecule has 0 unspecified atom stereocenters. The monoisotopic (exact) mass is 560 g/mol. The second-order valence-corrected chi connectivity index (χ2v) is 11.7. The predicted octanol–water partition coefficient (Wildman–Crippen LogP) is 10.4. The fourth-order valence-corrected chi connectivity index (χ4v) is 7.76. The van der Waals surface area contributed by atoms with Crippen LogP contribution in [0.1, 0.15) is 18.4 Å². The lowest BCUT2D eigenvalue weighted by molar-refractivity contribution is 1.07. The molecule has 204 valence electrons. The molecule has 0 amide bonds. The molecule has 6 aromatic carbocycles. The van der Waals surface area contributed by atoms with Crippen molar-refractivity contribution < 1.29 is 0 Å². The third-order valence-corrected chi connectivity index (χ3v) is 9.51. The van der Waals surface area contributed by atoms with Crippen LogP contribution in [0.15, 0.2) is 126 Å². The summed E-state index contributed by atoms with van der Waals surface area (Å²) in [4.78, 5) is 4.85. The van der Waals surface area contributed by atoms with E-state index < -0.39 is 0 Å². The van der Waals surface area contributed by atoms with E-state index in [1.807, 2.05) is 12.1 Å². The van der Waals surface area contributed by atoms with Crippen molar-refractivity contribution in [1.82, 2.24) is 8.97 Å². The number of para-hydroxylation sites is 3. The zero-order valence-electron chi connectivity index (χ0n) is 23.8. The first kappa shape index (κ1) is 23.6. The average Bonchev–Trinajstić information content (AvgIpc) is 3.70. The number of aromatic nitrogens is 2. The van der Waals surface area contributed by atoms with Crippen LogP contribution in [0.2, 0.25) is 0 Å². The van der Waals surface area contributed by atoms with Crippen molar-refractivity contribution in [3.63, 3.8) is 0 Å². The van der Waals surface area contributed by atoms with E-state index in [-0.39, 0.29) is 0 Å². The van der Waals surface area contributed by atoms with Crippen molar-refractivity contribution in [2.45, 2.75) is 12.8 Å². The standard InChI is InChI=1S/C40H24N4/c41-23-25-11-9-19-34(28-14-3-6-16-32(28)42-25)44-36-21-20-24-10-1-2-12-26(24)37(36)31-22-30-27-13-4-7-17-33(27)43-35-18-8-5-15-29(35)38(39(30)43)40(31)44/h1-8,10,12-22H,9,11H2/b34-19+,42-25+. The van der Waals surface area contributed by atoms with E-state index in [2.05, 4.69) is 124 Å². The van der Waals surface area contributed by atoms with Crippen molar-refractivity contribution in [3.8, 4) is 6.07 Å². The topological polar surface area (TPSA) is 45.5 Å². The number of rotatable bonds is 1. The Morgan fingerprint density at radius 3 is 2.20 bits per heavy atom.